The van der Waals surface area contributed by atoms with Crippen molar-refractivity contribution in [3.05, 3.63) is 0 Å². The summed E-state index contributed by atoms with van der Waals surface area (Å²) in [6, 6.07) is 0. The lowest BCUT2D eigenvalue weighted by atomic mass is 9.93. The standard InChI is InChI=1S/C7H16N2O3S/c1-13(11,12)9-4-2-7(10,6-8)3-5-9/h10H,2-6,8H2,1H3. The van der Waals surface area contributed by atoms with Crippen LogP contribution >= 0.6 is 0 Å². The van der Waals surface area contributed by atoms with Crippen LogP contribution in [-0.2, 0) is 10.0 Å². The molecule has 0 aromatic heterocycles. The Kier molecular flexibility index (Phi) is 2.96. The zero-order valence-electron chi connectivity index (χ0n) is 7.73. The molecular weight excluding hydrogens is 192 g/mol. The van der Waals surface area contributed by atoms with E-state index < -0.39 is 15.6 Å². The van der Waals surface area contributed by atoms with E-state index in [0.717, 1.165) is 0 Å². The Morgan fingerprint density at radius 1 is 1.46 bits per heavy atom. The summed E-state index contributed by atoms with van der Waals surface area (Å²) in [5.74, 6) is 0. The first kappa shape index (κ1) is 10.9. The van der Waals surface area contributed by atoms with Crippen molar-refractivity contribution >= 4 is 10.0 Å². The maximum atomic E-state index is 11.1. The van der Waals surface area contributed by atoms with Crippen LogP contribution in [0.2, 0.25) is 0 Å². The van der Waals surface area contributed by atoms with Crippen molar-refractivity contribution in [1.82, 2.24) is 4.31 Å². The Hall–Kier alpha value is -0.170. The van der Waals surface area contributed by atoms with Crippen LogP contribution in [0.25, 0.3) is 0 Å². The van der Waals surface area contributed by atoms with Crippen molar-refractivity contribution in [2.24, 2.45) is 5.73 Å². The van der Waals surface area contributed by atoms with Gasteiger partial charge >= 0.3 is 0 Å². The number of hydrogen-bond acceptors (Lipinski definition) is 4. The molecule has 0 amide bonds. The van der Waals surface area contributed by atoms with Gasteiger partial charge in [0.2, 0.25) is 10.0 Å². The van der Waals surface area contributed by atoms with Crippen molar-refractivity contribution in [3.8, 4) is 0 Å². The molecule has 1 heterocycles. The summed E-state index contributed by atoms with van der Waals surface area (Å²) < 4.78 is 23.6. The molecule has 13 heavy (non-hydrogen) atoms. The molecule has 3 N–H and O–H groups in total. The summed E-state index contributed by atoms with van der Waals surface area (Å²) in [7, 11) is -3.10. The first-order valence-electron chi connectivity index (χ1n) is 4.25. The second-order valence-electron chi connectivity index (χ2n) is 3.59. The van der Waals surface area contributed by atoms with Crippen molar-refractivity contribution in [1.29, 1.82) is 0 Å². The van der Waals surface area contributed by atoms with E-state index in [9.17, 15) is 13.5 Å². The highest BCUT2D eigenvalue weighted by molar-refractivity contribution is 7.88. The predicted octanol–water partition coefficient (Wildman–Crippen LogP) is -1.27. The van der Waals surface area contributed by atoms with E-state index in [1.54, 1.807) is 0 Å². The van der Waals surface area contributed by atoms with Crippen LogP contribution in [0.4, 0.5) is 0 Å². The molecule has 6 heteroatoms. The minimum Gasteiger partial charge on any atom is -0.388 e. The van der Waals surface area contributed by atoms with Crippen LogP contribution in [0, 0.1) is 0 Å². The summed E-state index contributed by atoms with van der Waals surface area (Å²) in [6.07, 6.45) is 2.03. The maximum Gasteiger partial charge on any atom is 0.211 e. The molecule has 0 aromatic rings. The summed E-state index contributed by atoms with van der Waals surface area (Å²) >= 11 is 0. The molecule has 0 bridgehead atoms. The molecule has 0 radical (unpaired) electrons. The Bertz CT molecular complexity index is 267. The first-order valence-corrected chi connectivity index (χ1v) is 6.10. The lowest BCUT2D eigenvalue weighted by Crippen LogP contribution is -2.49. The van der Waals surface area contributed by atoms with Crippen molar-refractivity contribution < 1.29 is 13.5 Å². The molecule has 0 aromatic carbocycles. The summed E-state index contributed by atoms with van der Waals surface area (Å²) in [4.78, 5) is 0. The van der Waals surface area contributed by atoms with Gasteiger partial charge in [0.15, 0.2) is 0 Å². The zero-order chi connectivity index (χ0) is 10.1. The second kappa shape index (κ2) is 3.53. The van der Waals surface area contributed by atoms with E-state index in [0.29, 0.717) is 25.9 Å². The van der Waals surface area contributed by atoms with E-state index >= 15 is 0 Å². The molecule has 78 valence electrons. The highest BCUT2D eigenvalue weighted by atomic mass is 32.2. The van der Waals surface area contributed by atoms with Gasteiger partial charge in [-0.1, -0.05) is 0 Å². The quantitative estimate of drug-likeness (QED) is 0.593. The van der Waals surface area contributed by atoms with Crippen LogP contribution in [0.1, 0.15) is 12.8 Å². The van der Waals surface area contributed by atoms with E-state index in [-0.39, 0.29) is 6.54 Å². The van der Waals surface area contributed by atoms with Crippen molar-refractivity contribution in [2.45, 2.75) is 18.4 Å². The van der Waals surface area contributed by atoms with Crippen LogP contribution < -0.4 is 5.73 Å². The van der Waals surface area contributed by atoms with E-state index in [2.05, 4.69) is 0 Å². The monoisotopic (exact) mass is 208 g/mol. The molecule has 0 spiro atoms. The van der Waals surface area contributed by atoms with Gasteiger partial charge in [0.1, 0.15) is 0 Å². The molecule has 1 aliphatic rings. The average Bonchev–Trinajstić information content (AvgIpc) is 2.04. The Morgan fingerprint density at radius 3 is 2.23 bits per heavy atom. The van der Waals surface area contributed by atoms with Crippen LogP contribution in [0.3, 0.4) is 0 Å². The van der Waals surface area contributed by atoms with Crippen molar-refractivity contribution in [2.75, 3.05) is 25.9 Å². The number of hydrogen-bond donors (Lipinski definition) is 2. The van der Waals surface area contributed by atoms with Gasteiger partial charge in [0, 0.05) is 19.6 Å². The number of aliphatic hydroxyl groups is 1. The minimum atomic E-state index is -3.10. The number of nitrogens with zero attached hydrogens (tertiary/aromatic N) is 1. The molecule has 1 rings (SSSR count). The lowest BCUT2D eigenvalue weighted by molar-refractivity contribution is 0.00357. The van der Waals surface area contributed by atoms with Gasteiger partial charge in [-0.25, -0.2) is 12.7 Å². The van der Waals surface area contributed by atoms with Gasteiger partial charge in [-0.3, -0.25) is 0 Å². The van der Waals surface area contributed by atoms with Gasteiger partial charge in [0.25, 0.3) is 0 Å². The third-order valence-electron chi connectivity index (χ3n) is 2.50. The molecule has 0 aliphatic carbocycles. The third kappa shape index (κ3) is 2.63. The average molecular weight is 208 g/mol. The predicted molar refractivity (Wildman–Crippen MR) is 49.7 cm³/mol. The van der Waals surface area contributed by atoms with Crippen LogP contribution in [0.5, 0.6) is 0 Å². The topological polar surface area (TPSA) is 83.6 Å². The van der Waals surface area contributed by atoms with E-state index in [1.165, 1.54) is 10.6 Å². The molecule has 0 atom stereocenters. The molecule has 1 fully saturated rings. The molecule has 0 saturated carbocycles. The summed E-state index contributed by atoms with van der Waals surface area (Å²) in [6.45, 7) is 0.934. The molecule has 1 aliphatic heterocycles. The molecule has 1 saturated heterocycles. The Balaban J connectivity index is 2.58. The highest BCUT2D eigenvalue weighted by Gasteiger charge is 2.33. The van der Waals surface area contributed by atoms with Gasteiger partial charge in [-0.2, -0.15) is 0 Å². The number of sulfonamides is 1. The lowest BCUT2D eigenvalue weighted by Gasteiger charge is -2.35. The Morgan fingerprint density at radius 2 is 1.92 bits per heavy atom. The van der Waals surface area contributed by atoms with Gasteiger partial charge in [-0.15, -0.1) is 0 Å². The Labute approximate surface area is 78.6 Å². The zero-order valence-corrected chi connectivity index (χ0v) is 8.55. The van der Waals surface area contributed by atoms with Gasteiger partial charge in [0.05, 0.1) is 11.9 Å². The third-order valence-corrected chi connectivity index (χ3v) is 3.81. The van der Waals surface area contributed by atoms with Crippen LogP contribution in [-0.4, -0.2) is 49.3 Å². The highest BCUT2D eigenvalue weighted by Crippen LogP contribution is 2.22. The second-order valence-corrected chi connectivity index (χ2v) is 5.57. The molecule has 0 unspecified atom stereocenters. The fraction of sp³-hybridized carbons (Fsp3) is 1.00. The fourth-order valence-corrected chi connectivity index (χ4v) is 2.28. The number of rotatable bonds is 2. The van der Waals surface area contributed by atoms with E-state index in [1.807, 2.05) is 0 Å². The fourth-order valence-electron chi connectivity index (χ4n) is 1.44. The summed E-state index contributed by atoms with van der Waals surface area (Å²) in [5, 5.41) is 9.72. The van der Waals surface area contributed by atoms with Gasteiger partial charge < -0.3 is 10.8 Å². The number of piperidine rings is 1. The number of nitrogens with two attached hydrogens (primary N) is 1. The molecular formula is C7H16N2O3S. The normalized spacial score (nSPS) is 24.5. The largest absolute Gasteiger partial charge is 0.388 e. The van der Waals surface area contributed by atoms with E-state index in [4.69, 9.17) is 5.73 Å². The molecule has 5 nitrogen and oxygen atoms in total. The maximum absolute atomic E-state index is 11.1. The first-order chi connectivity index (χ1) is 5.87. The SMILES string of the molecule is CS(=O)(=O)N1CCC(O)(CN)CC1. The van der Waals surface area contributed by atoms with Crippen LogP contribution in [0.15, 0.2) is 0 Å². The van der Waals surface area contributed by atoms with Gasteiger partial charge in [-0.05, 0) is 12.8 Å². The smallest absolute Gasteiger partial charge is 0.211 e. The minimum absolute atomic E-state index is 0.199. The van der Waals surface area contributed by atoms with Crippen molar-refractivity contribution in [3.63, 3.8) is 0 Å². The summed E-state index contributed by atoms with van der Waals surface area (Å²) in [5.41, 5.74) is 4.51.